The molecular formula is C15H24N4. The summed E-state index contributed by atoms with van der Waals surface area (Å²) in [6.45, 7) is 5.74. The summed E-state index contributed by atoms with van der Waals surface area (Å²) in [6, 6.07) is 7.11. The molecule has 0 saturated carbocycles. The molecule has 3 heterocycles. The number of hydrogen-bond acceptors (Lipinski definition) is 4. The van der Waals surface area contributed by atoms with Gasteiger partial charge in [-0.3, -0.25) is 4.90 Å². The fourth-order valence-electron chi connectivity index (χ4n) is 3.28. The fraction of sp³-hybridized carbons (Fsp3) is 0.667. The molecule has 1 aromatic rings. The Labute approximate surface area is 115 Å². The summed E-state index contributed by atoms with van der Waals surface area (Å²) in [5, 5.41) is 3.17. The van der Waals surface area contributed by atoms with Gasteiger partial charge < -0.3 is 10.2 Å². The van der Waals surface area contributed by atoms with E-state index in [4.69, 9.17) is 4.98 Å². The van der Waals surface area contributed by atoms with Crippen molar-refractivity contribution >= 4 is 5.82 Å². The Hall–Kier alpha value is -1.13. The van der Waals surface area contributed by atoms with E-state index < -0.39 is 0 Å². The Kier molecular flexibility index (Phi) is 3.99. The molecule has 4 heteroatoms. The van der Waals surface area contributed by atoms with Crippen molar-refractivity contribution in [1.82, 2.24) is 15.2 Å². The summed E-state index contributed by atoms with van der Waals surface area (Å²) in [4.78, 5) is 9.86. The van der Waals surface area contributed by atoms with E-state index in [-0.39, 0.29) is 0 Å². The Balaban J connectivity index is 1.65. The molecule has 2 aliphatic heterocycles. The van der Waals surface area contributed by atoms with Gasteiger partial charge in [0, 0.05) is 25.7 Å². The zero-order valence-corrected chi connectivity index (χ0v) is 11.8. The van der Waals surface area contributed by atoms with E-state index >= 15 is 0 Å². The average Bonchev–Trinajstić information content (AvgIpc) is 3.11. The number of hydrogen-bond donors (Lipinski definition) is 1. The minimum absolute atomic E-state index is 0.747. The van der Waals surface area contributed by atoms with Crippen molar-refractivity contribution < 1.29 is 0 Å². The van der Waals surface area contributed by atoms with Crippen molar-refractivity contribution in [3.8, 4) is 0 Å². The van der Waals surface area contributed by atoms with Crippen LogP contribution in [0.4, 0.5) is 5.82 Å². The lowest BCUT2D eigenvalue weighted by atomic mass is 10.2. The van der Waals surface area contributed by atoms with E-state index in [0.717, 1.165) is 37.2 Å². The molecule has 4 nitrogen and oxygen atoms in total. The topological polar surface area (TPSA) is 31.4 Å². The molecule has 0 aliphatic carbocycles. The van der Waals surface area contributed by atoms with Gasteiger partial charge in [-0.25, -0.2) is 4.98 Å². The first kappa shape index (κ1) is 12.9. The van der Waals surface area contributed by atoms with Crippen LogP contribution in [-0.4, -0.2) is 49.2 Å². The van der Waals surface area contributed by atoms with E-state index in [1.54, 1.807) is 0 Å². The first-order chi connectivity index (χ1) is 9.36. The van der Waals surface area contributed by atoms with Crippen LogP contribution in [0.1, 0.15) is 25.0 Å². The molecule has 2 aliphatic rings. The van der Waals surface area contributed by atoms with Gasteiger partial charge in [-0.2, -0.15) is 0 Å². The van der Waals surface area contributed by atoms with Gasteiger partial charge in [-0.15, -0.1) is 0 Å². The first-order valence-corrected chi connectivity index (χ1v) is 7.46. The quantitative estimate of drug-likeness (QED) is 0.888. The van der Waals surface area contributed by atoms with Gasteiger partial charge in [-0.05, 0) is 51.5 Å². The average molecular weight is 260 g/mol. The van der Waals surface area contributed by atoms with Crippen LogP contribution >= 0.6 is 0 Å². The Morgan fingerprint density at radius 1 is 1.26 bits per heavy atom. The van der Waals surface area contributed by atoms with Crippen LogP contribution in [0.5, 0.6) is 0 Å². The molecule has 1 atom stereocenters. The predicted octanol–water partition coefficient (Wildman–Crippen LogP) is 1.48. The summed E-state index contributed by atoms with van der Waals surface area (Å²) in [5.41, 5.74) is 1.13. The van der Waals surface area contributed by atoms with Crippen molar-refractivity contribution in [3.05, 3.63) is 23.9 Å². The smallest absolute Gasteiger partial charge is 0.128 e. The van der Waals surface area contributed by atoms with Gasteiger partial charge in [0.2, 0.25) is 0 Å². The number of nitrogens with zero attached hydrogens (tertiary/aromatic N) is 3. The molecule has 1 N–H and O–H groups in total. The molecule has 0 radical (unpaired) electrons. The molecule has 2 saturated heterocycles. The highest BCUT2D eigenvalue weighted by atomic mass is 15.3. The maximum absolute atomic E-state index is 4.75. The standard InChI is InChI=1S/C15H24N4/c1-16-11-13-5-4-6-15(17-13)19-10-7-14(12-19)18-8-2-3-9-18/h4-6,14,16H,2-3,7-12H2,1H3. The molecule has 0 aromatic carbocycles. The molecule has 0 amide bonds. The van der Waals surface area contributed by atoms with Crippen molar-refractivity contribution in [1.29, 1.82) is 0 Å². The van der Waals surface area contributed by atoms with Gasteiger partial charge in [0.25, 0.3) is 0 Å². The van der Waals surface area contributed by atoms with E-state index in [1.165, 1.54) is 32.4 Å². The highest BCUT2D eigenvalue weighted by molar-refractivity contribution is 5.41. The molecule has 0 spiro atoms. The van der Waals surface area contributed by atoms with Crippen LogP contribution in [-0.2, 0) is 6.54 Å². The van der Waals surface area contributed by atoms with Crippen molar-refractivity contribution in [3.63, 3.8) is 0 Å². The van der Waals surface area contributed by atoms with Crippen molar-refractivity contribution in [2.24, 2.45) is 0 Å². The number of nitrogens with one attached hydrogen (secondary N) is 1. The second kappa shape index (κ2) is 5.88. The second-order valence-electron chi connectivity index (χ2n) is 5.65. The third kappa shape index (κ3) is 2.90. The molecule has 3 rings (SSSR count). The largest absolute Gasteiger partial charge is 0.355 e. The fourth-order valence-corrected chi connectivity index (χ4v) is 3.28. The van der Waals surface area contributed by atoms with Gasteiger partial charge in [0.15, 0.2) is 0 Å². The summed E-state index contributed by atoms with van der Waals surface area (Å²) >= 11 is 0. The van der Waals surface area contributed by atoms with Crippen LogP contribution in [0.15, 0.2) is 18.2 Å². The zero-order valence-electron chi connectivity index (χ0n) is 11.8. The van der Waals surface area contributed by atoms with E-state index in [2.05, 4.69) is 33.3 Å². The Morgan fingerprint density at radius 3 is 2.89 bits per heavy atom. The highest BCUT2D eigenvalue weighted by Gasteiger charge is 2.29. The monoisotopic (exact) mass is 260 g/mol. The summed E-state index contributed by atoms with van der Waals surface area (Å²) < 4.78 is 0. The lowest BCUT2D eigenvalue weighted by molar-refractivity contribution is 0.260. The Bertz CT molecular complexity index is 414. The van der Waals surface area contributed by atoms with Gasteiger partial charge >= 0.3 is 0 Å². The normalized spacial score (nSPS) is 24.3. The van der Waals surface area contributed by atoms with E-state index in [0.29, 0.717) is 0 Å². The van der Waals surface area contributed by atoms with E-state index in [9.17, 15) is 0 Å². The molecule has 104 valence electrons. The minimum atomic E-state index is 0.747. The van der Waals surface area contributed by atoms with Gasteiger partial charge in [-0.1, -0.05) is 6.07 Å². The third-order valence-electron chi connectivity index (χ3n) is 4.29. The highest BCUT2D eigenvalue weighted by Crippen LogP contribution is 2.24. The van der Waals surface area contributed by atoms with Gasteiger partial charge in [0.05, 0.1) is 5.69 Å². The molecule has 2 fully saturated rings. The van der Waals surface area contributed by atoms with Crippen LogP contribution in [0.2, 0.25) is 0 Å². The number of pyridine rings is 1. The Morgan fingerprint density at radius 2 is 2.11 bits per heavy atom. The summed E-state index contributed by atoms with van der Waals surface area (Å²) in [7, 11) is 1.97. The molecular weight excluding hydrogens is 236 g/mol. The SMILES string of the molecule is CNCc1cccc(N2CCC(N3CCCC3)C2)n1. The molecule has 1 unspecified atom stereocenters. The summed E-state index contributed by atoms with van der Waals surface area (Å²) in [6.07, 6.45) is 4.05. The minimum Gasteiger partial charge on any atom is -0.355 e. The van der Waals surface area contributed by atoms with Crippen LogP contribution < -0.4 is 10.2 Å². The van der Waals surface area contributed by atoms with Gasteiger partial charge in [0.1, 0.15) is 5.82 Å². The third-order valence-corrected chi connectivity index (χ3v) is 4.29. The lowest BCUT2D eigenvalue weighted by Gasteiger charge is -2.24. The maximum Gasteiger partial charge on any atom is 0.128 e. The first-order valence-electron chi connectivity index (χ1n) is 7.46. The number of anilines is 1. The number of likely N-dealkylation sites (tertiary alicyclic amines) is 1. The summed E-state index contributed by atoms with van der Waals surface area (Å²) in [5.74, 6) is 1.15. The number of aromatic nitrogens is 1. The zero-order chi connectivity index (χ0) is 13.1. The van der Waals surface area contributed by atoms with Crippen LogP contribution in [0.25, 0.3) is 0 Å². The molecule has 1 aromatic heterocycles. The maximum atomic E-state index is 4.75. The lowest BCUT2D eigenvalue weighted by Crippen LogP contribution is -2.35. The van der Waals surface area contributed by atoms with Crippen molar-refractivity contribution in [2.75, 3.05) is 38.1 Å². The number of rotatable bonds is 4. The second-order valence-corrected chi connectivity index (χ2v) is 5.65. The van der Waals surface area contributed by atoms with Crippen LogP contribution in [0, 0.1) is 0 Å². The van der Waals surface area contributed by atoms with Crippen LogP contribution in [0.3, 0.4) is 0 Å². The molecule has 0 bridgehead atoms. The molecule has 19 heavy (non-hydrogen) atoms. The predicted molar refractivity (Wildman–Crippen MR) is 78.4 cm³/mol. The van der Waals surface area contributed by atoms with Crippen molar-refractivity contribution in [2.45, 2.75) is 31.8 Å². The van der Waals surface area contributed by atoms with E-state index in [1.807, 2.05) is 7.05 Å².